The summed E-state index contributed by atoms with van der Waals surface area (Å²) in [4.78, 5) is 40.7. The Kier molecular flexibility index (Phi) is 6.48. The van der Waals surface area contributed by atoms with E-state index in [0.29, 0.717) is 18.0 Å². The fourth-order valence-electron chi connectivity index (χ4n) is 2.50. The van der Waals surface area contributed by atoms with Gasteiger partial charge in [-0.1, -0.05) is 0 Å². The van der Waals surface area contributed by atoms with Gasteiger partial charge in [-0.15, -0.1) is 0 Å². The minimum atomic E-state index is -1.82. The van der Waals surface area contributed by atoms with Gasteiger partial charge in [-0.25, -0.2) is 14.6 Å². The largest absolute Gasteiger partial charge is 0.473 e. The Bertz CT molecular complexity index is 708. The van der Waals surface area contributed by atoms with Crippen molar-refractivity contribution in [3.05, 3.63) is 23.9 Å². The number of ether oxygens (including phenoxy) is 1. The minimum Gasteiger partial charge on any atom is -0.473 e. The molecule has 2 aliphatic rings. The molecule has 0 aliphatic carbocycles. The minimum absolute atomic E-state index is 0.0352. The molecule has 1 unspecified atom stereocenters. The van der Waals surface area contributed by atoms with Crippen LogP contribution < -0.4 is 10.1 Å². The number of amides is 1. The molecule has 1 aromatic heterocycles. The molecule has 1 amide bonds. The zero-order valence-electron chi connectivity index (χ0n) is 14.2. The van der Waals surface area contributed by atoms with Gasteiger partial charge in [0.25, 0.3) is 5.91 Å². The number of likely N-dealkylation sites (N-methyl/N-ethyl adjacent to an activating group) is 1. The van der Waals surface area contributed by atoms with Crippen molar-refractivity contribution in [1.82, 2.24) is 15.2 Å². The van der Waals surface area contributed by atoms with Crippen LogP contribution in [0.15, 0.2) is 23.3 Å². The van der Waals surface area contributed by atoms with E-state index in [1.807, 2.05) is 0 Å². The van der Waals surface area contributed by atoms with Gasteiger partial charge in [0.1, 0.15) is 11.7 Å². The number of aliphatic imine (C=N–C) groups is 1. The third-order valence-corrected chi connectivity index (χ3v) is 3.73. The Labute approximate surface area is 149 Å². The molecule has 0 radical (unpaired) electrons. The summed E-state index contributed by atoms with van der Waals surface area (Å²) in [5.74, 6) is -2.21. The monoisotopic (exact) mass is 364 g/mol. The molecule has 0 aromatic carbocycles. The lowest BCUT2D eigenvalue weighted by Gasteiger charge is -2.20. The summed E-state index contributed by atoms with van der Waals surface area (Å²) < 4.78 is 5.90. The number of carbonyl (C=O) groups is 3. The third kappa shape index (κ3) is 5.16. The van der Waals surface area contributed by atoms with Crippen LogP contribution in [0.2, 0.25) is 0 Å². The first-order chi connectivity index (χ1) is 12.4. The maximum atomic E-state index is 12.2. The van der Waals surface area contributed by atoms with Crippen LogP contribution in [0.4, 0.5) is 0 Å². The number of pyridine rings is 1. The van der Waals surface area contributed by atoms with E-state index in [4.69, 9.17) is 24.5 Å². The molecule has 26 heavy (non-hydrogen) atoms. The van der Waals surface area contributed by atoms with Gasteiger partial charge in [0.15, 0.2) is 0 Å². The van der Waals surface area contributed by atoms with Gasteiger partial charge in [-0.3, -0.25) is 9.79 Å². The second-order valence-corrected chi connectivity index (χ2v) is 5.69. The summed E-state index contributed by atoms with van der Waals surface area (Å²) in [6.07, 6.45) is 3.26. The topological polar surface area (TPSA) is 141 Å². The number of hydrogen-bond acceptors (Lipinski definition) is 7. The zero-order chi connectivity index (χ0) is 19.1. The number of aliphatic carboxylic acids is 2. The lowest BCUT2D eigenvalue weighted by molar-refractivity contribution is -0.159. The summed E-state index contributed by atoms with van der Waals surface area (Å²) in [6, 6.07) is 3.51. The second kappa shape index (κ2) is 8.79. The summed E-state index contributed by atoms with van der Waals surface area (Å²) >= 11 is 0. The van der Waals surface area contributed by atoms with Crippen molar-refractivity contribution in [2.75, 3.05) is 26.7 Å². The number of rotatable bonds is 3. The molecule has 1 aromatic rings. The Balaban J connectivity index is 0.000000352. The van der Waals surface area contributed by atoms with Crippen LogP contribution in [-0.2, 0) is 9.59 Å². The third-order valence-electron chi connectivity index (χ3n) is 3.73. The molecule has 1 atom stereocenters. The van der Waals surface area contributed by atoms with E-state index >= 15 is 0 Å². The molecule has 0 bridgehead atoms. The van der Waals surface area contributed by atoms with Gasteiger partial charge in [0.2, 0.25) is 5.88 Å². The van der Waals surface area contributed by atoms with E-state index in [-0.39, 0.29) is 12.0 Å². The highest BCUT2D eigenvalue weighted by Gasteiger charge is 2.27. The molecule has 10 nitrogen and oxygen atoms in total. The first-order valence-electron chi connectivity index (χ1n) is 7.99. The quantitative estimate of drug-likeness (QED) is 0.629. The first kappa shape index (κ1) is 19.2. The molecule has 10 heteroatoms. The smallest absolute Gasteiger partial charge is 0.414 e. The fraction of sp³-hybridized carbons (Fsp3) is 0.438. The standard InChI is InChI=1S/C14H18N4O2.C2H2O4/c1-18-9-10(4-5-12-15-7-8-16-12)20-13-11(14(18)19)3-2-6-17-13;3-1(4)2(5)6/h2-3,6,10H,4-5,7-9H2,1H3,(H,15,16);(H,3,4)(H,5,6). The highest BCUT2D eigenvalue weighted by Crippen LogP contribution is 2.23. The van der Waals surface area contributed by atoms with Crippen LogP contribution in [0.25, 0.3) is 0 Å². The lowest BCUT2D eigenvalue weighted by Crippen LogP contribution is -2.34. The average Bonchev–Trinajstić information content (AvgIpc) is 3.09. The van der Waals surface area contributed by atoms with Gasteiger partial charge in [-0.2, -0.15) is 0 Å². The Hall–Kier alpha value is -3.17. The molecule has 2 aliphatic heterocycles. The predicted molar refractivity (Wildman–Crippen MR) is 90.4 cm³/mol. The van der Waals surface area contributed by atoms with Crippen molar-refractivity contribution in [3.8, 4) is 5.88 Å². The van der Waals surface area contributed by atoms with Gasteiger partial charge < -0.3 is 25.2 Å². The van der Waals surface area contributed by atoms with Gasteiger partial charge in [-0.05, 0) is 18.6 Å². The number of carbonyl (C=O) groups excluding carboxylic acids is 1. The van der Waals surface area contributed by atoms with E-state index in [9.17, 15) is 4.79 Å². The molecule has 3 rings (SSSR count). The summed E-state index contributed by atoms with van der Waals surface area (Å²) in [7, 11) is 1.80. The molecule has 0 saturated heterocycles. The number of aromatic nitrogens is 1. The molecule has 3 heterocycles. The predicted octanol–water partition coefficient (Wildman–Crippen LogP) is -0.148. The number of nitrogens with zero attached hydrogens (tertiary/aromatic N) is 3. The van der Waals surface area contributed by atoms with E-state index in [1.54, 1.807) is 30.3 Å². The van der Waals surface area contributed by atoms with Crippen molar-refractivity contribution < 1.29 is 29.3 Å². The molecule has 0 saturated carbocycles. The van der Waals surface area contributed by atoms with Gasteiger partial charge >= 0.3 is 11.9 Å². The number of carboxylic acid groups (broad SMARTS) is 2. The molecule has 0 spiro atoms. The zero-order valence-corrected chi connectivity index (χ0v) is 14.2. The summed E-state index contributed by atoms with van der Waals surface area (Å²) in [5, 5.41) is 18.0. The molecule has 140 valence electrons. The van der Waals surface area contributed by atoms with Crippen LogP contribution in [0.5, 0.6) is 5.88 Å². The van der Waals surface area contributed by atoms with Crippen LogP contribution >= 0.6 is 0 Å². The molecule has 0 fully saturated rings. The molecular formula is C16H20N4O6. The maximum absolute atomic E-state index is 12.2. The number of hydrogen-bond donors (Lipinski definition) is 3. The van der Waals surface area contributed by atoms with E-state index in [0.717, 1.165) is 31.8 Å². The maximum Gasteiger partial charge on any atom is 0.414 e. The summed E-state index contributed by atoms with van der Waals surface area (Å²) in [6.45, 7) is 2.34. The average molecular weight is 364 g/mol. The lowest BCUT2D eigenvalue weighted by atomic mass is 10.1. The molecule has 3 N–H and O–H groups in total. The number of nitrogens with one attached hydrogen (secondary N) is 1. The summed E-state index contributed by atoms with van der Waals surface area (Å²) in [5.41, 5.74) is 0.536. The van der Waals surface area contributed by atoms with Crippen molar-refractivity contribution in [2.24, 2.45) is 4.99 Å². The SMILES string of the molecule is CN1CC(CCC2=NCCN2)Oc2ncccc2C1=O.O=C(O)C(=O)O. The number of carboxylic acids is 2. The molecular weight excluding hydrogens is 344 g/mol. The van der Waals surface area contributed by atoms with Crippen LogP contribution in [-0.4, -0.2) is 76.6 Å². The van der Waals surface area contributed by atoms with Crippen molar-refractivity contribution in [2.45, 2.75) is 18.9 Å². The van der Waals surface area contributed by atoms with Crippen molar-refractivity contribution >= 4 is 23.7 Å². The highest BCUT2D eigenvalue weighted by molar-refractivity contribution is 6.27. The van der Waals surface area contributed by atoms with Crippen molar-refractivity contribution in [3.63, 3.8) is 0 Å². The van der Waals surface area contributed by atoms with E-state index in [1.165, 1.54) is 0 Å². The normalized spacial score (nSPS) is 18.3. The van der Waals surface area contributed by atoms with Crippen LogP contribution in [0.3, 0.4) is 0 Å². The fourth-order valence-corrected chi connectivity index (χ4v) is 2.50. The number of amidine groups is 1. The van der Waals surface area contributed by atoms with Crippen LogP contribution in [0.1, 0.15) is 23.2 Å². The highest BCUT2D eigenvalue weighted by atomic mass is 16.5. The van der Waals surface area contributed by atoms with Crippen molar-refractivity contribution in [1.29, 1.82) is 0 Å². The Morgan fingerprint density at radius 3 is 2.73 bits per heavy atom. The van der Waals surface area contributed by atoms with E-state index in [2.05, 4.69) is 15.3 Å². The second-order valence-electron chi connectivity index (χ2n) is 5.69. The number of fused-ring (bicyclic) bond motifs is 1. The van der Waals surface area contributed by atoms with Gasteiger partial charge in [0.05, 0.1) is 18.9 Å². The van der Waals surface area contributed by atoms with E-state index < -0.39 is 11.9 Å². The van der Waals surface area contributed by atoms with Crippen LogP contribution in [0, 0.1) is 0 Å². The Morgan fingerprint density at radius 2 is 2.12 bits per heavy atom. The Morgan fingerprint density at radius 1 is 1.38 bits per heavy atom. The van der Waals surface area contributed by atoms with Gasteiger partial charge in [0, 0.05) is 26.2 Å². The first-order valence-corrected chi connectivity index (χ1v) is 7.99.